The molecule has 1 aromatic rings. The minimum Gasteiger partial charge on any atom is -0.344 e. The molecular weight excluding hydrogens is 236 g/mol. The molecule has 1 atom stereocenters. The van der Waals surface area contributed by atoms with Gasteiger partial charge < -0.3 is 10.6 Å². The highest BCUT2D eigenvalue weighted by Gasteiger charge is 2.20. The topological polar surface area (TPSA) is 46.3 Å². The lowest BCUT2D eigenvalue weighted by Crippen LogP contribution is -2.45. The van der Waals surface area contributed by atoms with Crippen LogP contribution in [0, 0.1) is 5.92 Å². The summed E-state index contributed by atoms with van der Waals surface area (Å²) in [6, 6.07) is 10.1. The van der Waals surface area contributed by atoms with Crippen LogP contribution in [0.4, 0.5) is 0 Å². The molecule has 0 aromatic heterocycles. The van der Waals surface area contributed by atoms with Gasteiger partial charge in [-0.05, 0) is 30.7 Å². The van der Waals surface area contributed by atoms with Crippen molar-refractivity contribution in [2.24, 2.45) is 11.7 Å². The molecule has 19 heavy (non-hydrogen) atoms. The van der Waals surface area contributed by atoms with E-state index in [1.165, 1.54) is 5.56 Å². The fraction of sp³-hybridized carbons (Fsp3) is 0.562. The largest absolute Gasteiger partial charge is 0.344 e. The number of carbonyl (C=O) groups is 1. The second-order valence-electron chi connectivity index (χ2n) is 5.47. The number of rotatable bonds is 7. The Balaban J connectivity index is 2.24. The Bertz CT molecular complexity index is 376. The molecule has 0 radical (unpaired) electrons. The van der Waals surface area contributed by atoms with Gasteiger partial charge in [-0.15, -0.1) is 0 Å². The number of unbranched alkanes of at least 4 members (excludes halogenated alkanes) is 1. The van der Waals surface area contributed by atoms with Crippen LogP contribution < -0.4 is 5.73 Å². The van der Waals surface area contributed by atoms with Gasteiger partial charge in [-0.1, -0.05) is 44.2 Å². The van der Waals surface area contributed by atoms with Gasteiger partial charge in [0.1, 0.15) is 0 Å². The third-order valence-electron chi connectivity index (χ3n) is 3.43. The molecule has 1 amide bonds. The molecule has 0 heterocycles. The van der Waals surface area contributed by atoms with Crippen molar-refractivity contribution in [2.45, 2.75) is 39.2 Å². The van der Waals surface area contributed by atoms with E-state index in [2.05, 4.69) is 24.3 Å². The second-order valence-corrected chi connectivity index (χ2v) is 5.47. The molecular formula is C16H26N2O. The number of nitrogens with zero attached hydrogens (tertiary/aromatic N) is 1. The molecule has 0 fully saturated rings. The summed E-state index contributed by atoms with van der Waals surface area (Å²) >= 11 is 0. The molecule has 0 spiro atoms. The summed E-state index contributed by atoms with van der Waals surface area (Å²) in [5, 5.41) is 0. The first-order valence-electron chi connectivity index (χ1n) is 7.07. The van der Waals surface area contributed by atoms with Crippen molar-refractivity contribution in [3.63, 3.8) is 0 Å². The zero-order valence-corrected chi connectivity index (χ0v) is 12.3. The molecule has 1 rings (SSSR count). The highest BCUT2D eigenvalue weighted by atomic mass is 16.2. The molecule has 0 aliphatic heterocycles. The number of amides is 1. The Kier molecular flexibility index (Phi) is 6.57. The Labute approximate surface area is 116 Å². The minimum atomic E-state index is -0.376. The molecule has 2 N–H and O–H groups in total. The number of likely N-dealkylation sites (N-methyl/N-ethyl adjacent to an activating group) is 1. The zero-order chi connectivity index (χ0) is 14.3. The average Bonchev–Trinajstić information content (AvgIpc) is 2.42. The minimum absolute atomic E-state index is 0.0507. The van der Waals surface area contributed by atoms with Crippen LogP contribution in [0.15, 0.2) is 30.3 Å². The maximum Gasteiger partial charge on any atom is 0.239 e. The van der Waals surface area contributed by atoms with Gasteiger partial charge in [-0.3, -0.25) is 4.79 Å². The molecule has 106 valence electrons. The van der Waals surface area contributed by atoms with Gasteiger partial charge in [-0.25, -0.2) is 0 Å². The maximum atomic E-state index is 11.9. The van der Waals surface area contributed by atoms with E-state index in [9.17, 15) is 4.79 Å². The number of nitrogens with two attached hydrogens (primary N) is 1. The quantitative estimate of drug-likeness (QED) is 0.767. The zero-order valence-electron chi connectivity index (χ0n) is 12.3. The summed E-state index contributed by atoms with van der Waals surface area (Å²) in [4.78, 5) is 13.7. The first kappa shape index (κ1) is 15.7. The van der Waals surface area contributed by atoms with E-state index < -0.39 is 0 Å². The molecule has 1 unspecified atom stereocenters. The molecule has 0 saturated carbocycles. The maximum absolute atomic E-state index is 11.9. The van der Waals surface area contributed by atoms with E-state index >= 15 is 0 Å². The number of aryl methyl sites for hydroxylation is 1. The van der Waals surface area contributed by atoms with Gasteiger partial charge in [-0.2, -0.15) is 0 Å². The summed E-state index contributed by atoms with van der Waals surface area (Å²) in [6.45, 7) is 4.74. The van der Waals surface area contributed by atoms with Crippen LogP contribution in [0.5, 0.6) is 0 Å². The summed E-state index contributed by atoms with van der Waals surface area (Å²) in [6.07, 6.45) is 3.18. The number of carbonyl (C=O) groups excluding carboxylic acids is 1. The van der Waals surface area contributed by atoms with Gasteiger partial charge in [0.25, 0.3) is 0 Å². The third kappa shape index (κ3) is 5.43. The van der Waals surface area contributed by atoms with Crippen molar-refractivity contribution >= 4 is 5.91 Å². The number of benzene rings is 1. The third-order valence-corrected chi connectivity index (χ3v) is 3.43. The van der Waals surface area contributed by atoms with Crippen molar-refractivity contribution in [3.8, 4) is 0 Å². The van der Waals surface area contributed by atoms with Crippen LogP contribution in [0.25, 0.3) is 0 Å². The van der Waals surface area contributed by atoms with Crippen LogP contribution in [0.2, 0.25) is 0 Å². The first-order chi connectivity index (χ1) is 9.02. The lowest BCUT2D eigenvalue weighted by Gasteiger charge is -2.23. The predicted molar refractivity (Wildman–Crippen MR) is 79.8 cm³/mol. The van der Waals surface area contributed by atoms with Crippen molar-refractivity contribution in [1.82, 2.24) is 4.90 Å². The summed E-state index contributed by atoms with van der Waals surface area (Å²) in [5.74, 6) is 0.244. The monoisotopic (exact) mass is 262 g/mol. The van der Waals surface area contributed by atoms with Gasteiger partial charge in [0.05, 0.1) is 6.04 Å². The predicted octanol–water partition coefficient (Wildman–Crippen LogP) is 2.45. The normalized spacial score (nSPS) is 12.5. The fourth-order valence-electron chi connectivity index (χ4n) is 1.97. The Morgan fingerprint density at radius 2 is 1.84 bits per heavy atom. The van der Waals surface area contributed by atoms with Crippen molar-refractivity contribution in [1.29, 1.82) is 0 Å². The highest BCUT2D eigenvalue weighted by molar-refractivity contribution is 5.81. The second kappa shape index (κ2) is 7.95. The highest BCUT2D eigenvalue weighted by Crippen LogP contribution is 2.07. The molecule has 0 aliphatic rings. The lowest BCUT2D eigenvalue weighted by molar-refractivity contribution is -0.132. The summed E-state index contributed by atoms with van der Waals surface area (Å²) in [5.41, 5.74) is 7.22. The Morgan fingerprint density at radius 1 is 1.21 bits per heavy atom. The number of hydrogen-bond donors (Lipinski definition) is 1. The van der Waals surface area contributed by atoms with E-state index in [1.807, 2.05) is 27.0 Å². The fourth-order valence-corrected chi connectivity index (χ4v) is 1.97. The van der Waals surface area contributed by atoms with Crippen LogP contribution in [0.1, 0.15) is 32.3 Å². The van der Waals surface area contributed by atoms with E-state index in [4.69, 9.17) is 5.73 Å². The summed E-state index contributed by atoms with van der Waals surface area (Å²) < 4.78 is 0. The van der Waals surface area contributed by atoms with E-state index in [0.717, 1.165) is 25.8 Å². The van der Waals surface area contributed by atoms with E-state index in [-0.39, 0.29) is 17.9 Å². The van der Waals surface area contributed by atoms with Crippen LogP contribution in [-0.4, -0.2) is 30.4 Å². The van der Waals surface area contributed by atoms with Gasteiger partial charge >= 0.3 is 0 Å². The molecule has 0 aliphatic carbocycles. The standard InChI is InChI=1S/C16H26N2O/c1-13(2)15(17)16(19)18(3)12-8-7-11-14-9-5-4-6-10-14/h4-6,9-10,13,15H,7-8,11-12,17H2,1-3H3. The van der Waals surface area contributed by atoms with Gasteiger partial charge in [0, 0.05) is 13.6 Å². The Morgan fingerprint density at radius 3 is 2.42 bits per heavy atom. The first-order valence-corrected chi connectivity index (χ1v) is 7.07. The Hall–Kier alpha value is -1.35. The van der Waals surface area contributed by atoms with Crippen LogP contribution >= 0.6 is 0 Å². The average molecular weight is 262 g/mol. The SMILES string of the molecule is CC(C)C(N)C(=O)N(C)CCCCc1ccccc1. The molecule has 0 saturated heterocycles. The molecule has 3 nitrogen and oxygen atoms in total. The van der Waals surface area contributed by atoms with Crippen LogP contribution in [-0.2, 0) is 11.2 Å². The van der Waals surface area contributed by atoms with E-state index in [1.54, 1.807) is 4.90 Å². The lowest BCUT2D eigenvalue weighted by atomic mass is 10.0. The smallest absolute Gasteiger partial charge is 0.239 e. The van der Waals surface area contributed by atoms with Crippen molar-refractivity contribution in [2.75, 3.05) is 13.6 Å². The van der Waals surface area contributed by atoms with Crippen molar-refractivity contribution in [3.05, 3.63) is 35.9 Å². The van der Waals surface area contributed by atoms with Crippen molar-refractivity contribution < 1.29 is 4.79 Å². The van der Waals surface area contributed by atoms with E-state index in [0.29, 0.717) is 0 Å². The molecule has 1 aromatic carbocycles. The number of hydrogen-bond acceptors (Lipinski definition) is 2. The molecule has 0 bridgehead atoms. The van der Waals surface area contributed by atoms with Gasteiger partial charge in [0.2, 0.25) is 5.91 Å². The van der Waals surface area contributed by atoms with Crippen LogP contribution in [0.3, 0.4) is 0 Å². The summed E-state index contributed by atoms with van der Waals surface area (Å²) in [7, 11) is 1.84. The van der Waals surface area contributed by atoms with Gasteiger partial charge in [0.15, 0.2) is 0 Å². The molecule has 3 heteroatoms.